The molecule has 1 aliphatic carbocycles. The summed E-state index contributed by atoms with van der Waals surface area (Å²) in [6, 6.07) is 0. The van der Waals surface area contributed by atoms with Gasteiger partial charge in [0.2, 0.25) is 0 Å². The number of hydrogen-bond donors (Lipinski definition) is 0. The summed E-state index contributed by atoms with van der Waals surface area (Å²) in [7, 11) is 0. The van der Waals surface area contributed by atoms with Gasteiger partial charge in [-0.1, -0.05) is 0 Å². The highest BCUT2D eigenvalue weighted by Crippen LogP contribution is 2.53. The molecule has 0 radical (unpaired) electrons. The summed E-state index contributed by atoms with van der Waals surface area (Å²) >= 11 is 2.13. The summed E-state index contributed by atoms with van der Waals surface area (Å²) in [6.07, 6.45) is 1.55. The number of hydrogen-bond acceptors (Lipinski definition) is 1. The van der Waals surface area contributed by atoms with Crippen molar-refractivity contribution in [3.05, 3.63) is 0 Å². The van der Waals surface area contributed by atoms with Gasteiger partial charge in [0.25, 0.3) is 0 Å². The lowest BCUT2D eigenvalue weighted by molar-refractivity contribution is 0.967. The first-order valence-corrected chi connectivity index (χ1v) is 3.13. The van der Waals surface area contributed by atoms with E-state index in [1.165, 1.54) is 11.7 Å². The van der Waals surface area contributed by atoms with Gasteiger partial charge in [-0.05, 0) is 18.1 Å². The maximum absolute atomic E-state index is 2.13. The zero-order valence-corrected chi connectivity index (χ0v) is 3.79. The topological polar surface area (TPSA) is 0 Å². The van der Waals surface area contributed by atoms with Crippen molar-refractivity contribution < 1.29 is 0 Å². The highest BCUT2D eigenvalue weighted by Gasteiger charge is 2.45. The van der Waals surface area contributed by atoms with Crippen molar-refractivity contribution in [2.75, 3.05) is 5.75 Å². The van der Waals surface area contributed by atoms with E-state index in [4.69, 9.17) is 0 Å². The minimum Gasteiger partial charge on any atom is -0.158 e. The SMILES string of the molecule is C1SC2C[C@@H]12. The number of fused-ring (bicyclic) bond motifs is 1. The summed E-state index contributed by atoms with van der Waals surface area (Å²) in [5.74, 6) is 2.67. The highest BCUT2D eigenvalue weighted by atomic mass is 32.2. The van der Waals surface area contributed by atoms with E-state index in [1.54, 1.807) is 6.42 Å². The molecule has 2 fully saturated rings. The maximum Gasteiger partial charge on any atom is 0.00870 e. The largest absolute Gasteiger partial charge is 0.158 e. The van der Waals surface area contributed by atoms with Gasteiger partial charge in [-0.2, -0.15) is 11.8 Å². The predicted octanol–water partition coefficient (Wildman–Crippen LogP) is 1.12. The van der Waals surface area contributed by atoms with Crippen molar-refractivity contribution in [2.45, 2.75) is 11.7 Å². The molecule has 1 saturated carbocycles. The van der Waals surface area contributed by atoms with Crippen molar-refractivity contribution in [1.29, 1.82) is 0 Å². The molecule has 2 rings (SSSR count). The van der Waals surface area contributed by atoms with Crippen molar-refractivity contribution in [3.63, 3.8) is 0 Å². The van der Waals surface area contributed by atoms with Crippen LogP contribution in [0.5, 0.6) is 0 Å². The van der Waals surface area contributed by atoms with Crippen molar-refractivity contribution in [1.82, 2.24) is 0 Å². The van der Waals surface area contributed by atoms with Crippen LogP contribution in [-0.2, 0) is 0 Å². The Kier molecular flexibility index (Phi) is 0.280. The molecule has 0 bridgehead atoms. The average molecular weight is 86.2 g/mol. The van der Waals surface area contributed by atoms with Gasteiger partial charge in [0, 0.05) is 5.25 Å². The predicted molar refractivity (Wildman–Crippen MR) is 24.4 cm³/mol. The van der Waals surface area contributed by atoms with E-state index in [2.05, 4.69) is 11.8 Å². The zero-order valence-electron chi connectivity index (χ0n) is 2.98. The van der Waals surface area contributed by atoms with Crippen LogP contribution in [0.4, 0.5) is 0 Å². The fourth-order valence-electron chi connectivity index (χ4n) is 0.724. The van der Waals surface area contributed by atoms with E-state index < -0.39 is 0 Å². The summed E-state index contributed by atoms with van der Waals surface area (Å²) in [5.41, 5.74) is 0. The molecule has 0 aromatic rings. The molecule has 1 saturated heterocycles. The van der Waals surface area contributed by atoms with Crippen LogP contribution in [0, 0.1) is 5.92 Å². The van der Waals surface area contributed by atoms with Crippen LogP contribution < -0.4 is 0 Å². The fraction of sp³-hybridized carbons (Fsp3) is 1.00. The molecule has 1 heterocycles. The molecule has 0 nitrogen and oxygen atoms in total. The smallest absolute Gasteiger partial charge is 0.00870 e. The van der Waals surface area contributed by atoms with Crippen LogP contribution in [-0.4, -0.2) is 11.0 Å². The third-order valence-corrected chi connectivity index (χ3v) is 3.01. The van der Waals surface area contributed by atoms with Gasteiger partial charge in [-0.3, -0.25) is 0 Å². The first-order valence-electron chi connectivity index (χ1n) is 2.08. The molecule has 1 unspecified atom stereocenters. The standard InChI is InChI=1S/C4H6S/c1-3-2-5-4(1)3/h3-4H,1-2H2/t3-,4?/m0/s1. The van der Waals surface area contributed by atoms with E-state index >= 15 is 0 Å². The van der Waals surface area contributed by atoms with Crippen molar-refractivity contribution in [3.8, 4) is 0 Å². The van der Waals surface area contributed by atoms with Gasteiger partial charge in [0.15, 0.2) is 0 Å². The highest BCUT2D eigenvalue weighted by molar-refractivity contribution is 8.01. The first-order chi connectivity index (χ1) is 2.47. The van der Waals surface area contributed by atoms with E-state index in [0.29, 0.717) is 0 Å². The molecule has 0 N–H and O–H groups in total. The molecule has 2 atom stereocenters. The summed E-state index contributed by atoms with van der Waals surface area (Å²) < 4.78 is 0. The van der Waals surface area contributed by atoms with Crippen LogP contribution in [0.3, 0.4) is 0 Å². The van der Waals surface area contributed by atoms with Crippen LogP contribution >= 0.6 is 11.8 Å². The quantitative estimate of drug-likeness (QED) is 0.425. The summed E-state index contributed by atoms with van der Waals surface area (Å²) in [5, 5.41) is 1.15. The maximum atomic E-state index is 2.13. The monoisotopic (exact) mass is 86.0 g/mol. The molecule has 28 valence electrons. The van der Waals surface area contributed by atoms with Crippen LogP contribution in [0.2, 0.25) is 0 Å². The Labute approximate surface area is 35.9 Å². The van der Waals surface area contributed by atoms with E-state index in [0.717, 1.165) is 5.25 Å². The Morgan fingerprint density at radius 2 is 2.40 bits per heavy atom. The Morgan fingerprint density at radius 3 is 2.40 bits per heavy atom. The molecule has 5 heavy (non-hydrogen) atoms. The Balaban J connectivity index is 2.19. The molecule has 1 heteroatoms. The number of rotatable bonds is 0. The lowest BCUT2D eigenvalue weighted by atomic mass is 10.5. The molecule has 1 aliphatic heterocycles. The molecule has 0 spiro atoms. The lowest BCUT2D eigenvalue weighted by Crippen LogP contribution is -1.98. The molecule has 0 aromatic carbocycles. The minimum atomic E-state index is 1.15. The van der Waals surface area contributed by atoms with Crippen LogP contribution in [0.1, 0.15) is 6.42 Å². The average Bonchev–Trinajstić information content (AvgIpc) is 1.74. The lowest BCUT2D eigenvalue weighted by Gasteiger charge is -2.04. The van der Waals surface area contributed by atoms with Gasteiger partial charge in [-0.15, -0.1) is 0 Å². The Bertz CT molecular complexity index is 48.7. The molecule has 0 amide bonds. The van der Waals surface area contributed by atoms with Gasteiger partial charge in [-0.25, -0.2) is 0 Å². The third kappa shape index (κ3) is 0.186. The van der Waals surface area contributed by atoms with Crippen LogP contribution in [0.25, 0.3) is 0 Å². The van der Waals surface area contributed by atoms with Gasteiger partial charge in [0.05, 0.1) is 0 Å². The number of thioether (sulfide) groups is 1. The first kappa shape index (κ1) is 2.51. The molecule has 2 aliphatic rings. The Morgan fingerprint density at radius 1 is 1.60 bits per heavy atom. The second-order valence-electron chi connectivity index (χ2n) is 1.87. The zero-order chi connectivity index (χ0) is 3.28. The van der Waals surface area contributed by atoms with Crippen molar-refractivity contribution >= 4 is 11.8 Å². The van der Waals surface area contributed by atoms with E-state index in [1.807, 2.05) is 0 Å². The normalized spacial score (nSPS) is 57.6. The molecular formula is C4H6S. The third-order valence-electron chi connectivity index (χ3n) is 1.38. The summed E-state index contributed by atoms with van der Waals surface area (Å²) in [6.45, 7) is 0. The fourth-order valence-corrected chi connectivity index (χ4v) is 1.98. The van der Waals surface area contributed by atoms with Crippen molar-refractivity contribution in [2.24, 2.45) is 5.92 Å². The van der Waals surface area contributed by atoms with E-state index in [9.17, 15) is 0 Å². The van der Waals surface area contributed by atoms with Gasteiger partial charge in [0.1, 0.15) is 0 Å². The summed E-state index contributed by atoms with van der Waals surface area (Å²) in [4.78, 5) is 0. The molecule has 0 aromatic heterocycles. The Hall–Kier alpha value is 0.350. The van der Waals surface area contributed by atoms with Gasteiger partial charge >= 0.3 is 0 Å². The van der Waals surface area contributed by atoms with Crippen LogP contribution in [0.15, 0.2) is 0 Å². The van der Waals surface area contributed by atoms with E-state index in [-0.39, 0.29) is 0 Å². The second-order valence-corrected chi connectivity index (χ2v) is 3.14. The van der Waals surface area contributed by atoms with Gasteiger partial charge < -0.3 is 0 Å². The minimum absolute atomic E-state index is 1.15. The second kappa shape index (κ2) is 0.558. The molecular weight excluding hydrogens is 80.1 g/mol.